The van der Waals surface area contributed by atoms with Crippen molar-refractivity contribution in [2.75, 3.05) is 5.32 Å². The fourth-order valence-electron chi connectivity index (χ4n) is 2.79. The predicted octanol–water partition coefficient (Wildman–Crippen LogP) is 4.59. The van der Waals surface area contributed by atoms with Crippen LogP contribution in [0.5, 0.6) is 0 Å². The normalized spacial score (nSPS) is 11.2. The Morgan fingerprint density at radius 1 is 1.36 bits per heavy atom. The summed E-state index contributed by atoms with van der Waals surface area (Å²) in [5, 5.41) is 13.0. The van der Waals surface area contributed by atoms with Gasteiger partial charge in [-0.1, -0.05) is 44.5 Å². The number of benzene rings is 2. The van der Waals surface area contributed by atoms with Gasteiger partial charge in [0.25, 0.3) is 5.91 Å². The van der Waals surface area contributed by atoms with Crippen molar-refractivity contribution in [1.29, 1.82) is 5.26 Å². The van der Waals surface area contributed by atoms with Gasteiger partial charge < -0.3 is 5.32 Å². The van der Waals surface area contributed by atoms with Crippen LogP contribution in [0.1, 0.15) is 53.4 Å². The van der Waals surface area contributed by atoms with E-state index < -0.39 is 0 Å². The van der Waals surface area contributed by atoms with Gasteiger partial charge in [-0.15, -0.1) is 0 Å². The van der Waals surface area contributed by atoms with Crippen LogP contribution in [-0.2, 0) is 23.4 Å². The van der Waals surface area contributed by atoms with E-state index in [1.165, 1.54) is 0 Å². The zero-order chi connectivity index (χ0) is 20.9. The molecule has 28 heavy (non-hydrogen) atoms. The van der Waals surface area contributed by atoms with E-state index in [1.807, 2.05) is 28.9 Å². The second kappa shape index (κ2) is 9.67. The lowest BCUT2D eigenvalue weighted by atomic mass is 9.83. The molecular formula is C20H22ClIN4O2. The number of hydrogen-bond acceptors (Lipinski definition) is 5. The Kier molecular flexibility index (Phi) is 7.80. The van der Waals surface area contributed by atoms with Gasteiger partial charge in [0.15, 0.2) is 0 Å². The van der Waals surface area contributed by atoms with Crippen LogP contribution in [0, 0.1) is 11.3 Å². The van der Waals surface area contributed by atoms with Crippen molar-refractivity contribution >= 4 is 46.1 Å². The number of nitriles is 1. The molecule has 6 nitrogen and oxygen atoms in total. The first-order chi connectivity index (χ1) is 13.2. The quantitative estimate of drug-likeness (QED) is 0.299. The molecule has 0 heterocycles. The highest BCUT2D eigenvalue weighted by Gasteiger charge is 2.23. The molecule has 0 radical (unpaired) electrons. The number of carbonyl (C=O) groups is 1. The van der Waals surface area contributed by atoms with Gasteiger partial charge in [-0.05, 0) is 34.7 Å². The first-order valence-corrected chi connectivity index (χ1v) is 10.00. The molecular weight excluding hydrogens is 491 g/mol. The number of anilines is 1. The number of nitrogens with one attached hydrogen (secondary N) is 2. The number of rotatable bonds is 6. The first kappa shape index (κ1) is 22.6. The molecule has 1 amide bonds. The smallest absolute Gasteiger partial charge is 0.257 e. The standard InChI is InChI=1S/C20H22ClIN4O2/c1-20(2,3)14-7-12(9-23)18(13(8-14)10-25-22)19(27)26-17-6-4-5-16(21)15(17)11-28-24/h4-8,25H,10-11,24H2,1-3H3,(H,26,27). The molecule has 0 aliphatic carbocycles. The molecule has 148 valence electrons. The van der Waals surface area contributed by atoms with Gasteiger partial charge in [0, 0.05) is 45.7 Å². The van der Waals surface area contributed by atoms with Crippen LogP contribution >= 0.6 is 34.5 Å². The minimum absolute atomic E-state index is 0.0471. The molecule has 2 aromatic carbocycles. The summed E-state index contributed by atoms with van der Waals surface area (Å²) < 4.78 is 3.04. The highest BCUT2D eigenvalue weighted by Crippen LogP contribution is 2.29. The maximum atomic E-state index is 13.1. The van der Waals surface area contributed by atoms with Crippen LogP contribution in [0.3, 0.4) is 0 Å². The van der Waals surface area contributed by atoms with Crippen molar-refractivity contribution in [2.24, 2.45) is 5.90 Å². The molecule has 0 bridgehead atoms. The third-order valence-electron chi connectivity index (χ3n) is 4.29. The van der Waals surface area contributed by atoms with Crippen molar-refractivity contribution in [2.45, 2.75) is 39.3 Å². The summed E-state index contributed by atoms with van der Waals surface area (Å²) in [6.45, 7) is 6.68. The molecule has 2 aromatic rings. The Balaban J connectivity index is 2.54. The van der Waals surface area contributed by atoms with E-state index in [0.29, 0.717) is 33.9 Å². The molecule has 0 aliphatic heterocycles. The van der Waals surface area contributed by atoms with Crippen molar-refractivity contribution in [3.63, 3.8) is 0 Å². The fraction of sp³-hybridized carbons (Fsp3) is 0.300. The van der Waals surface area contributed by atoms with Crippen LogP contribution in [-0.4, -0.2) is 5.91 Å². The molecule has 0 atom stereocenters. The topological polar surface area (TPSA) is 100 Å². The van der Waals surface area contributed by atoms with E-state index in [1.54, 1.807) is 24.3 Å². The molecule has 8 heteroatoms. The van der Waals surface area contributed by atoms with E-state index >= 15 is 0 Å². The third-order valence-corrected chi connectivity index (χ3v) is 5.02. The maximum absolute atomic E-state index is 13.1. The average Bonchev–Trinajstić information content (AvgIpc) is 2.63. The summed E-state index contributed by atoms with van der Waals surface area (Å²) in [6, 6.07) is 11.0. The van der Waals surface area contributed by atoms with Gasteiger partial charge in [0.05, 0.1) is 23.8 Å². The van der Waals surface area contributed by atoms with E-state index in [2.05, 4.69) is 35.7 Å². The van der Waals surface area contributed by atoms with Gasteiger partial charge in [-0.2, -0.15) is 5.26 Å². The van der Waals surface area contributed by atoms with Crippen LogP contribution in [0.25, 0.3) is 0 Å². The zero-order valence-corrected chi connectivity index (χ0v) is 18.8. The van der Waals surface area contributed by atoms with Crippen molar-refractivity contribution in [3.05, 3.63) is 63.2 Å². The number of nitrogens with zero attached hydrogens (tertiary/aromatic N) is 1. The molecule has 0 saturated carbocycles. The minimum atomic E-state index is -0.390. The monoisotopic (exact) mass is 512 g/mol. The summed E-state index contributed by atoms with van der Waals surface area (Å²) in [4.78, 5) is 17.8. The van der Waals surface area contributed by atoms with Gasteiger partial charge in [-0.25, -0.2) is 5.90 Å². The first-order valence-electron chi connectivity index (χ1n) is 8.54. The highest BCUT2D eigenvalue weighted by molar-refractivity contribution is 14.1. The SMILES string of the molecule is CC(C)(C)c1cc(C#N)c(C(=O)Nc2cccc(Cl)c2CON)c(CNI)c1. The number of carbonyl (C=O) groups excluding carboxylic acids is 1. The van der Waals surface area contributed by atoms with Gasteiger partial charge in [0.1, 0.15) is 0 Å². The molecule has 0 aliphatic rings. The zero-order valence-electron chi connectivity index (χ0n) is 15.9. The minimum Gasteiger partial charge on any atom is -0.322 e. The van der Waals surface area contributed by atoms with Gasteiger partial charge in [0.2, 0.25) is 0 Å². The fourth-order valence-corrected chi connectivity index (χ4v) is 3.43. The number of amides is 1. The summed E-state index contributed by atoms with van der Waals surface area (Å²) in [6.07, 6.45) is 0. The average molecular weight is 513 g/mol. The van der Waals surface area contributed by atoms with E-state index in [4.69, 9.17) is 22.3 Å². The Morgan fingerprint density at radius 3 is 2.64 bits per heavy atom. The number of hydrogen-bond donors (Lipinski definition) is 3. The van der Waals surface area contributed by atoms with Crippen molar-refractivity contribution in [1.82, 2.24) is 3.53 Å². The summed E-state index contributed by atoms with van der Waals surface area (Å²) in [7, 11) is 0. The van der Waals surface area contributed by atoms with E-state index in [-0.39, 0.29) is 17.9 Å². The lowest BCUT2D eigenvalue weighted by Crippen LogP contribution is -2.21. The van der Waals surface area contributed by atoms with Crippen LogP contribution in [0.2, 0.25) is 5.02 Å². The van der Waals surface area contributed by atoms with Gasteiger partial charge >= 0.3 is 0 Å². The van der Waals surface area contributed by atoms with E-state index in [0.717, 1.165) is 11.1 Å². The lowest BCUT2D eigenvalue weighted by molar-refractivity contribution is 0.102. The lowest BCUT2D eigenvalue weighted by Gasteiger charge is -2.22. The van der Waals surface area contributed by atoms with Crippen LogP contribution in [0.15, 0.2) is 30.3 Å². The largest absolute Gasteiger partial charge is 0.322 e. The Bertz CT molecular complexity index is 920. The molecule has 0 spiro atoms. The Morgan fingerprint density at radius 2 is 2.07 bits per heavy atom. The van der Waals surface area contributed by atoms with Crippen molar-refractivity contribution < 1.29 is 9.63 Å². The van der Waals surface area contributed by atoms with Crippen LogP contribution < -0.4 is 14.7 Å². The van der Waals surface area contributed by atoms with Crippen LogP contribution in [0.4, 0.5) is 5.69 Å². The Hall–Kier alpha value is -1.70. The van der Waals surface area contributed by atoms with E-state index in [9.17, 15) is 10.1 Å². The molecule has 0 fully saturated rings. The molecule has 0 saturated heterocycles. The van der Waals surface area contributed by atoms with Gasteiger partial charge in [-0.3, -0.25) is 13.2 Å². The summed E-state index contributed by atoms with van der Waals surface area (Å²) in [5.41, 5.74) is 3.29. The predicted molar refractivity (Wildman–Crippen MR) is 119 cm³/mol. The second-order valence-electron chi connectivity index (χ2n) is 7.26. The summed E-state index contributed by atoms with van der Waals surface area (Å²) in [5.74, 6) is 4.79. The second-order valence-corrected chi connectivity index (χ2v) is 8.43. The van der Waals surface area contributed by atoms with Crippen molar-refractivity contribution in [3.8, 4) is 6.07 Å². The molecule has 0 unspecified atom stereocenters. The maximum Gasteiger partial charge on any atom is 0.257 e. The Labute approximate surface area is 183 Å². The number of halogens is 2. The third kappa shape index (κ3) is 5.21. The molecule has 0 aromatic heterocycles. The number of nitrogens with two attached hydrogens (primary N) is 1. The molecule has 4 N–H and O–H groups in total. The highest BCUT2D eigenvalue weighted by atomic mass is 127. The summed E-state index contributed by atoms with van der Waals surface area (Å²) >= 11 is 8.22. The molecule has 2 rings (SSSR count).